The van der Waals surface area contributed by atoms with Crippen LogP contribution >= 0.6 is 0 Å². The summed E-state index contributed by atoms with van der Waals surface area (Å²) in [6, 6.07) is 0. The minimum absolute atomic E-state index is 0.307. The standard InChI is InChI=1S/C12H25NO4S/c1-3-5-12(6-4-2)11-17-18(14,15)13-7-9-16-10-8-13/h12H,3-11H2,1-2H3. The second-order valence-electron chi connectivity index (χ2n) is 4.70. The quantitative estimate of drug-likeness (QED) is 0.680. The molecule has 0 aromatic carbocycles. The fourth-order valence-corrected chi connectivity index (χ4v) is 3.26. The lowest BCUT2D eigenvalue weighted by Crippen LogP contribution is -2.41. The predicted octanol–water partition coefficient (Wildman–Crippen LogP) is 1.80. The van der Waals surface area contributed by atoms with E-state index in [4.69, 9.17) is 8.92 Å². The molecule has 0 saturated carbocycles. The highest BCUT2D eigenvalue weighted by Crippen LogP contribution is 2.16. The van der Waals surface area contributed by atoms with Crippen molar-refractivity contribution in [3.8, 4) is 0 Å². The van der Waals surface area contributed by atoms with E-state index in [0.29, 0.717) is 38.8 Å². The van der Waals surface area contributed by atoms with Crippen molar-refractivity contribution in [2.45, 2.75) is 39.5 Å². The predicted molar refractivity (Wildman–Crippen MR) is 70.6 cm³/mol. The van der Waals surface area contributed by atoms with Gasteiger partial charge in [-0.1, -0.05) is 26.7 Å². The molecule has 0 unspecified atom stereocenters. The van der Waals surface area contributed by atoms with Gasteiger partial charge in [-0.05, 0) is 18.8 Å². The highest BCUT2D eigenvalue weighted by atomic mass is 32.2. The first kappa shape index (κ1) is 15.9. The van der Waals surface area contributed by atoms with E-state index in [1.54, 1.807) is 0 Å². The molecule has 0 radical (unpaired) electrons. The van der Waals surface area contributed by atoms with Gasteiger partial charge in [0.1, 0.15) is 0 Å². The fourth-order valence-electron chi connectivity index (χ4n) is 2.15. The molecule has 1 aliphatic rings. The van der Waals surface area contributed by atoms with Gasteiger partial charge in [-0.2, -0.15) is 12.7 Å². The Labute approximate surface area is 111 Å². The summed E-state index contributed by atoms with van der Waals surface area (Å²) in [4.78, 5) is 0. The van der Waals surface area contributed by atoms with Crippen LogP contribution in [0, 0.1) is 5.92 Å². The zero-order valence-electron chi connectivity index (χ0n) is 11.4. The smallest absolute Gasteiger partial charge is 0.338 e. The van der Waals surface area contributed by atoms with Crippen molar-refractivity contribution in [1.82, 2.24) is 4.31 Å². The van der Waals surface area contributed by atoms with Crippen LogP contribution in [0.4, 0.5) is 0 Å². The van der Waals surface area contributed by atoms with Crippen LogP contribution in [0.2, 0.25) is 0 Å². The molecule has 18 heavy (non-hydrogen) atoms. The van der Waals surface area contributed by atoms with E-state index in [-0.39, 0.29) is 0 Å². The molecule has 0 aliphatic carbocycles. The molecule has 0 bridgehead atoms. The molecule has 1 fully saturated rings. The van der Waals surface area contributed by atoms with Gasteiger partial charge in [0, 0.05) is 13.1 Å². The fraction of sp³-hybridized carbons (Fsp3) is 1.00. The Morgan fingerprint density at radius 1 is 1.17 bits per heavy atom. The average molecular weight is 279 g/mol. The average Bonchev–Trinajstić information content (AvgIpc) is 2.38. The first-order valence-electron chi connectivity index (χ1n) is 6.82. The number of morpholine rings is 1. The second-order valence-corrected chi connectivity index (χ2v) is 6.30. The van der Waals surface area contributed by atoms with Gasteiger partial charge < -0.3 is 4.74 Å². The van der Waals surface area contributed by atoms with Crippen molar-refractivity contribution in [1.29, 1.82) is 0 Å². The van der Waals surface area contributed by atoms with Gasteiger partial charge in [-0.15, -0.1) is 0 Å². The Morgan fingerprint density at radius 3 is 2.22 bits per heavy atom. The van der Waals surface area contributed by atoms with Crippen LogP contribution in [-0.4, -0.2) is 45.6 Å². The maximum Gasteiger partial charge on any atom is 0.338 e. The second kappa shape index (κ2) is 8.09. The summed E-state index contributed by atoms with van der Waals surface area (Å²) in [5.74, 6) is 0.343. The molecule has 0 atom stereocenters. The first-order chi connectivity index (χ1) is 8.60. The molecule has 1 heterocycles. The molecule has 1 saturated heterocycles. The van der Waals surface area contributed by atoms with Gasteiger partial charge in [-0.3, -0.25) is 4.18 Å². The topological polar surface area (TPSA) is 55.8 Å². The lowest BCUT2D eigenvalue weighted by atomic mass is 10.00. The van der Waals surface area contributed by atoms with Gasteiger partial charge in [-0.25, -0.2) is 0 Å². The SMILES string of the molecule is CCCC(CCC)COS(=O)(=O)N1CCOCC1. The number of hydrogen-bond donors (Lipinski definition) is 0. The zero-order chi connectivity index (χ0) is 13.4. The Kier molecular flexibility index (Phi) is 7.14. The molecule has 0 aromatic rings. The third-order valence-electron chi connectivity index (χ3n) is 3.13. The van der Waals surface area contributed by atoms with Crippen LogP contribution in [0.25, 0.3) is 0 Å². The van der Waals surface area contributed by atoms with Crippen LogP contribution in [0.3, 0.4) is 0 Å². The van der Waals surface area contributed by atoms with E-state index >= 15 is 0 Å². The highest BCUT2D eigenvalue weighted by Gasteiger charge is 2.26. The van der Waals surface area contributed by atoms with Crippen molar-refractivity contribution in [2.24, 2.45) is 5.92 Å². The van der Waals surface area contributed by atoms with E-state index < -0.39 is 10.3 Å². The molecular formula is C12H25NO4S. The van der Waals surface area contributed by atoms with Crippen molar-refractivity contribution in [3.63, 3.8) is 0 Å². The maximum absolute atomic E-state index is 11.9. The van der Waals surface area contributed by atoms with Crippen LogP contribution in [0.5, 0.6) is 0 Å². The van der Waals surface area contributed by atoms with Crippen molar-refractivity contribution < 1.29 is 17.3 Å². The van der Waals surface area contributed by atoms with E-state index in [0.717, 1.165) is 25.7 Å². The van der Waals surface area contributed by atoms with Crippen molar-refractivity contribution >= 4 is 10.3 Å². The lowest BCUT2D eigenvalue weighted by molar-refractivity contribution is 0.0653. The molecule has 1 rings (SSSR count). The molecule has 0 amide bonds. The number of hydrogen-bond acceptors (Lipinski definition) is 4. The minimum Gasteiger partial charge on any atom is -0.379 e. The molecule has 0 spiro atoms. The molecule has 0 N–H and O–H groups in total. The van der Waals surface area contributed by atoms with Crippen molar-refractivity contribution in [3.05, 3.63) is 0 Å². The van der Waals surface area contributed by atoms with Gasteiger partial charge in [0.2, 0.25) is 0 Å². The third kappa shape index (κ3) is 5.22. The Balaban J connectivity index is 2.43. The highest BCUT2D eigenvalue weighted by molar-refractivity contribution is 7.84. The monoisotopic (exact) mass is 279 g/mol. The Morgan fingerprint density at radius 2 is 1.72 bits per heavy atom. The van der Waals surface area contributed by atoms with Gasteiger partial charge in [0.15, 0.2) is 0 Å². The van der Waals surface area contributed by atoms with Crippen molar-refractivity contribution in [2.75, 3.05) is 32.9 Å². The van der Waals surface area contributed by atoms with Crippen LogP contribution in [0.1, 0.15) is 39.5 Å². The van der Waals surface area contributed by atoms with Crippen LogP contribution in [0.15, 0.2) is 0 Å². The van der Waals surface area contributed by atoms with Gasteiger partial charge in [0.25, 0.3) is 0 Å². The normalized spacial score (nSPS) is 18.4. The molecule has 0 aromatic heterocycles. The van der Waals surface area contributed by atoms with Gasteiger partial charge in [0.05, 0.1) is 19.8 Å². The molecule has 108 valence electrons. The summed E-state index contributed by atoms with van der Waals surface area (Å²) in [7, 11) is -3.56. The summed E-state index contributed by atoms with van der Waals surface area (Å²) in [6.45, 7) is 6.23. The molecule has 1 aliphatic heterocycles. The minimum atomic E-state index is -3.56. The van der Waals surface area contributed by atoms with E-state index in [2.05, 4.69) is 13.8 Å². The lowest BCUT2D eigenvalue weighted by Gasteiger charge is -2.26. The maximum atomic E-state index is 11.9. The van der Waals surface area contributed by atoms with Crippen LogP contribution in [-0.2, 0) is 19.2 Å². The third-order valence-corrected chi connectivity index (χ3v) is 4.56. The number of rotatable bonds is 8. The number of nitrogens with zero attached hydrogens (tertiary/aromatic N) is 1. The van der Waals surface area contributed by atoms with E-state index in [1.807, 2.05) is 0 Å². The molecular weight excluding hydrogens is 254 g/mol. The number of ether oxygens (including phenoxy) is 1. The van der Waals surface area contributed by atoms with Crippen LogP contribution < -0.4 is 0 Å². The van der Waals surface area contributed by atoms with Gasteiger partial charge >= 0.3 is 10.3 Å². The Hall–Kier alpha value is -0.170. The summed E-state index contributed by atoms with van der Waals surface area (Å²) < 4.78 is 35.6. The summed E-state index contributed by atoms with van der Waals surface area (Å²) in [6.07, 6.45) is 4.16. The summed E-state index contributed by atoms with van der Waals surface area (Å²) in [5.41, 5.74) is 0. The molecule has 5 nitrogen and oxygen atoms in total. The first-order valence-corrected chi connectivity index (χ1v) is 8.19. The largest absolute Gasteiger partial charge is 0.379 e. The van der Waals surface area contributed by atoms with E-state index in [9.17, 15) is 8.42 Å². The van der Waals surface area contributed by atoms with E-state index in [1.165, 1.54) is 4.31 Å². The zero-order valence-corrected chi connectivity index (χ0v) is 12.2. The molecule has 6 heteroatoms. The Bertz CT molecular complexity index is 306. The summed E-state index contributed by atoms with van der Waals surface area (Å²) in [5, 5.41) is 0. The summed E-state index contributed by atoms with van der Waals surface area (Å²) >= 11 is 0.